The molecule has 0 bridgehead atoms. The lowest BCUT2D eigenvalue weighted by Crippen LogP contribution is -2.20. The van der Waals surface area contributed by atoms with Crippen LogP contribution in [0.4, 0.5) is 5.69 Å². The second kappa shape index (κ2) is 5.21. The van der Waals surface area contributed by atoms with Gasteiger partial charge in [0.1, 0.15) is 5.75 Å². The normalized spacial score (nSPS) is 17.5. The van der Waals surface area contributed by atoms with Crippen molar-refractivity contribution in [3.8, 4) is 5.75 Å². The van der Waals surface area contributed by atoms with Gasteiger partial charge in [0.2, 0.25) is 0 Å². The first kappa shape index (κ1) is 12.5. The number of pyridine rings is 1. The Hall–Kier alpha value is -1.55. The Kier molecular flexibility index (Phi) is 3.42. The highest BCUT2D eigenvalue weighted by Gasteiger charge is 2.22. The molecule has 1 aromatic heterocycles. The van der Waals surface area contributed by atoms with Crippen molar-refractivity contribution in [1.82, 2.24) is 4.98 Å². The van der Waals surface area contributed by atoms with Gasteiger partial charge in [-0.05, 0) is 37.3 Å². The van der Waals surface area contributed by atoms with E-state index in [-0.39, 0.29) is 6.04 Å². The van der Waals surface area contributed by atoms with Crippen LogP contribution < -0.4 is 10.1 Å². The van der Waals surface area contributed by atoms with Gasteiger partial charge in [-0.3, -0.25) is 4.98 Å². The lowest BCUT2D eigenvalue weighted by atomic mass is 10.00. The van der Waals surface area contributed by atoms with Crippen molar-refractivity contribution in [1.29, 1.82) is 0 Å². The number of hydrogen-bond acceptors (Lipinski definition) is 3. The van der Waals surface area contributed by atoms with Crippen LogP contribution in [0, 0.1) is 6.92 Å². The van der Waals surface area contributed by atoms with Gasteiger partial charge in [0.25, 0.3) is 0 Å². The van der Waals surface area contributed by atoms with Crippen LogP contribution in [0.2, 0.25) is 0 Å². The quantitative estimate of drug-likeness (QED) is 0.905. The molecule has 0 radical (unpaired) electrons. The minimum absolute atomic E-state index is 0.268. The van der Waals surface area contributed by atoms with Gasteiger partial charge >= 0.3 is 0 Å². The van der Waals surface area contributed by atoms with Gasteiger partial charge in [-0.1, -0.05) is 15.9 Å². The Morgan fingerprint density at radius 1 is 1.37 bits per heavy atom. The molecule has 2 aromatic rings. The van der Waals surface area contributed by atoms with Crippen molar-refractivity contribution in [3.63, 3.8) is 0 Å². The van der Waals surface area contributed by atoms with E-state index in [9.17, 15) is 0 Å². The summed E-state index contributed by atoms with van der Waals surface area (Å²) in [6.45, 7) is 2.76. The minimum atomic E-state index is 0.268. The number of benzene rings is 1. The lowest BCUT2D eigenvalue weighted by Gasteiger charge is -2.28. The molecule has 1 aliphatic heterocycles. The molecule has 98 valence electrons. The monoisotopic (exact) mass is 318 g/mol. The highest BCUT2D eigenvalue weighted by Crippen LogP contribution is 2.36. The van der Waals surface area contributed by atoms with Crippen molar-refractivity contribution >= 4 is 21.6 Å². The van der Waals surface area contributed by atoms with E-state index >= 15 is 0 Å². The van der Waals surface area contributed by atoms with Gasteiger partial charge in [-0.2, -0.15) is 0 Å². The van der Waals surface area contributed by atoms with Gasteiger partial charge in [0.15, 0.2) is 0 Å². The second-order valence-corrected chi connectivity index (χ2v) is 5.57. The summed E-state index contributed by atoms with van der Waals surface area (Å²) in [5.74, 6) is 0.966. The Balaban J connectivity index is 1.92. The molecule has 4 heteroatoms. The fraction of sp³-hybridized carbons (Fsp3) is 0.267. The molecule has 1 N–H and O–H groups in total. The molecule has 0 fully saturated rings. The van der Waals surface area contributed by atoms with E-state index in [2.05, 4.69) is 38.4 Å². The molecule has 19 heavy (non-hydrogen) atoms. The Morgan fingerprint density at radius 3 is 3.11 bits per heavy atom. The number of ether oxygens (including phenoxy) is 1. The second-order valence-electron chi connectivity index (χ2n) is 4.65. The molecule has 3 rings (SSSR count). The maximum absolute atomic E-state index is 5.70. The molecule has 0 spiro atoms. The predicted octanol–water partition coefficient (Wildman–Crippen LogP) is 4.09. The molecule has 1 atom stereocenters. The summed E-state index contributed by atoms with van der Waals surface area (Å²) in [6.07, 6.45) is 2.77. The molecule has 1 aromatic carbocycles. The molecule has 0 aliphatic carbocycles. The van der Waals surface area contributed by atoms with Crippen LogP contribution in [0.5, 0.6) is 5.75 Å². The zero-order chi connectivity index (χ0) is 13.2. The molecule has 0 saturated carbocycles. The third-order valence-corrected chi connectivity index (χ3v) is 3.84. The van der Waals surface area contributed by atoms with E-state index in [0.29, 0.717) is 0 Å². The van der Waals surface area contributed by atoms with Crippen molar-refractivity contribution in [2.24, 2.45) is 0 Å². The highest BCUT2D eigenvalue weighted by atomic mass is 79.9. The van der Waals surface area contributed by atoms with Gasteiger partial charge in [-0.25, -0.2) is 0 Å². The van der Waals surface area contributed by atoms with E-state index in [1.165, 1.54) is 5.56 Å². The number of anilines is 1. The van der Waals surface area contributed by atoms with Gasteiger partial charge in [-0.15, -0.1) is 0 Å². The maximum Gasteiger partial charge on any atom is 0.124 e. The first-order chi connectivity index (χ1) is 9.24. The average molecular weight is 319 g/mol. The smallest absolute Gasteiger partial charge is 0.124 e. The summed E-state index contributed by atoms with van der Waals surface area (Å²) in [4.78, 5) is 4.32. The summed E-state index contributed by atoms with van der Waals surface area (Å²) in [5, 5.41) is 3.57. The molecule has 1 unspecified atom stereocenters. The van der Waals surface area contributed by atoms with Crippen LogP contribution >= 0.6 is 15.9 Å². The number of rotatable bonds is 2. The summed E-state index contributed by atoms with van der Waals surface area (Å²) in [6, 6.07) is 10.4. The summed E-state index contributed by atoms with van der Waals surface area (Å²) < 4.78 is 6.78. The largest absolute Gasteiger partial charge is 0.493 e. The third kappa shape index (κ3) is 2.59. The molecule has 3 nitrogen and oxygen atoms in total. The molecular weight excluding hydrogens is 304 g/mol. The maximum atomic E-state index is 5.70. The number of halogens is 1. The third-order valence-electron chi connectivity index (χ3n) is 3.35. The molecular formula is C15H15BrN2O. The van der Waals surface area contributed by atoms with Crippen LogP contribution in [0.15, 0.2) is 41.0 Å². The number of aryl methyl sites for hydroxylation is 1. The number of hydrogen-bond donors (Lipinski definition) is 1. The Bertz CT molecular complexity index is 600. The van der Waals surface area contributed by atoms with Crippen LogP contribution in [-0.4, -0.2) is 11.6 Å². The first-order valence-corrected chi connectivity index (χ1v) is 7.14. The van der Waals surface area contributed by atoms with Crippen LogP contribution in [0.1, 0.15) is 23.7 Å². The van der Waals surface area contributed by atoms with Gasteiger partial charge in [0.05, 0.1) is 24.0 Å². The predicted molar refractivity (Wildman–Crippen MR) is 79.6 cm³/mol. The average Bonchev–Trinajstić information content (AvgIpc) is 2.42. The molecule has 0 saturated heterocycles. The van der Waals surface area contributed by atoms with Crippen molar-refractivity contribution < 1.29 is 4.74 Å². The van der Waals surface area contributed by atoms with E-state index in [1.807, 2.05) is 31.3 Å². The fourth-order valence-electron chi connectivity index (χ4n) is 2.34. The summed E-state index contributed by atoms with van der Waals surface area (Å²) in [7, 11) is 0. The standard InChI is InChI=1S/C15H15BrN2O/c1-10-13(3-2-7-17-10)18-14-6-8-19-15-5-4-11(16)9-12(14)15/h2-5,7,9,14,18H,6,8H2,1H3. The van der Waals surface area contributed by atoms with Crippen molar-refractivity contribution in [3.05, 3.63) is 52.3 Å². The molecule has 2 heterocycles. The number of aromatic nitrogens is 1. The topological polar surface area (TPSA) is 34.2 Å². The van der Waals surface area contributed by atoms with Crippen LogP contribution in [0.25, 0.3) is 0 Å². The van der Waals surface area contributed by atoms with E-state index in [0.717, 1.165) is 34.6 Å². The van der Waals surface area contributed by atoms with E-state index in [4.69, 9.17) is 4.74 Å². The molecule has 0 amide bonds. The van der Waals surface area contributed by atoms with Crippen LogP contribution in [-0.2, 0) is 0 Å². The summed E-state index contributed by atoms with van der Waals surface area (Å²) in [5.41, 5.74) is 3.30. The zero-order valence-corrected chi connectivity index (χ0v) is 12.3. The highest BCUT2D eigenvalue weighted by molar-refractivity contribution is 9.10. The van der Waals surface area contributed by atoms with Crippen molar-refractivity contribution in [2.75, 3.05) is 11.9 Å². The fourth-order valence-corrected chi connectivity index (χ4v) is 2.72. The Labute approximate surface area is 121 Å². The van der Waals surface area contributed by atoms with Gasteiger partial charge in [0, 0.05) is 22.7 Å². The van der Waals surface area contributed by atoms with Gasteiger partial charge < -0.3 is 10.1 Å². The number of nitrogens with one attached hydrogen (secondary N) is 1. The SMILES string of the molecule is Cc1ncccc1NC1CCOc2ccc(Br)cc21. The zero-order valence-electron chi connectivity index (χ0n) is 10.7. The Morgan fingerprint density at radius 2 is 2.26 bits per heavy atom. The van der Waals surface area contributed by atoms with Crippen molar-refractivity contribution in [2.45, 2.75) is 19.4 Å². The lowest BCUT2D eigenvalue weighted by molar-refractivity contribution is 0.274. The first-order valence-electron chi connectivity index (χ1n) is 6.34. The number of fused-ring (bicyclic) bond motifs is 1. The van der Waals surface area contributed by atoms with E-state index in [1.54, 1.807) is 0 Å². The summed E-state index contributed by atoms with van der Waals surface area (Å²) >= 11 is 3.52. The van der Waals surface area contributed by atoms with Crippen LogP contribution in [0.3, 0.4) is 0 Å². The van der Waals surface area contributed by atoms with E-state index < -0.39 is 0 Å². The minimum Gasteiger partial charge on any atom is -0.493 e. The molecule has 1 aliphatic rings. The number of nitrogens with zero attached hydrogens (tertiary/aromatic N) is 1.